The monoisotopic (exact) mass is 290 g/mol. The third-order valence-electron chi connectivity index (χ3n) is 4.05. The fraction of sp³-hybridized carbons (Fsp3) is 0.588. The molecule has 0 bridgehead atoms. The van der Waals surface area contributed by atoms with E-state index in [1.54, 1.807) is 0 Å². The topological polar surface area (TPSA) is 50.4 Å². The minimum Gasteiger partial charge on any atom is -0.494 e. The summed E-state index contributed by atoms with van der Waals surface area (Å²) < 4.78 is 5.58. The lowest BCUT2D eigenvalue weighted by molar-refractivity contribution is 0.220. The molecule has 1 aliphatic rings. The molecule has 4 nitrogen and oxygen atoms in total. The van der Waals surface area contributed by atoms with Crippen LogP contribution in [0.5, 0.6) is 5.75 Å². The van der Waals surface area contributed by atoms with E-state index in [-0.39, 0.29) is 6.03 Å². The molecule has 116 valence electrons. The molecular weight excluding hydrogens is 264 g/mol. The second-order valence-electron chi connectivity index (χ2n) is 5.78. The van der Waals surface area contributed by atoms with Crippen LogP contribution in [0.3, 0.4) is 0 Å². The number of para-hydroxylation sites is 1. The summed E-state index contributed by atoms with van der Waals surface area (Å²) in [7, 11) is 0. The second-order valence-corrected chi connectivity index (χ2v) is 5.78. The van der Waals surface area contributed by atoms with E-state index in [9.17, 15) is 4.79 Å². The van der Waals surface area contributed by atoms with Crippen LogP contribution in [0.25, 0.3) is 0 Å². The van der Waals surface area contributed by atoms with Gasteiger partial charge in [-0.05, 0) is 37.3 Å². The molecule has 1 aromatic rings. The Hall–Kier alpha value is -1.71. The van der Waals surface area contributed by atoms with E-state index >= 15 is 0 Å². The molecule has 2 N–H and O–H groups in total. The normalized spacial score (nSPS) is 21.6. The Bertz CT molecular complexity index is 422. The number of amides is 2. The number of rotatable bonds is 6. The molecule has 0 aliphatic heterocycles. The van der Waals surface area contributed by atoms with Crippen molar-refractivity contribution in [1.29, 1.82) is 0 Å². The smallest absolute Gasteiger partial charge is 0.315 e. The highest BCUT2D eigenvalue weighted by Crippen LogP contribution is 2.23. The van der Waals surface area contributed by atoms with Crippen LogP contribution in [0.4, 0.5) is 4.79 Å². The summed E-state index contributed by atoms with van der Waals surface area (Å²) in [6.45, 7) is 3.47. The first-order valence-electron chi connectivity index (χ1n) is 7.98. The molecule has 0 spiro atoms. The lowest BCUT2D eigenvalue weighted by Crippen LogP contribution is -2.46. The number of hydrogen-bond acceptors (Lipinski definition) is 2. The van der Waals surface area contributed by atoms with Gasteiger partial charge >= 0.3 is 6.03 Å². The standard InChI is InChI=1S/C17H26N2O2/c1-14-8-5-6-11-16(14)19-17(20)18-12-7-13-21-15-9-3-2-4-10-15/h2-4,9-10,14,16H,5-8,11-13H2,1H3,(H2,18,19,20). The molecule has 0 aromatic heterocycles. The zero-order valence-corrected chi connectivity index (χ0v) is 12.8. The van der Waals surface area contributed by atoms with E-state index in [2.05, 4.69) is 17.6 Å². The molecule has 4 heteroatoms. The summed E-state index contributed by atoms with van der Waals surface area (Å²) in [4.78, 5) is 11.8. The van der Waals surface area contributed by atoms with E-state index in [0.29, 0.717) is 25.1 Å². The molecule has 1 aliphatic carbocycles. The highest BCUT2D eigenvalue weighted by Gasteiger charge is 2.22. The Morgan fingerprint density at radius 1 is 1.24 bits per heavy atom. The first kappa shape index (κ1) is 15.7. The van der Waals surface area contributed by atoms with Crippen LogP contribution in [0.15, 0.2) is 30.3 Å². The van der Waals surface area contributed by atoms with Crippen molar-refractivity contribution in [3.63, 3.8) is 0 Å². The molecule has 1 fully saturated rings. The zero-order valence-electron chi connectivity index (χ0n) is 12.8. The maximum atomic E-state index is 11.8. The van der Waals surface area contributed by atoms with Crippen LogP contribution in [0, 0.1) is 5.92 Å². The minimum absolute atomic E-state index is 0.0477. The fourth-order valence-electron chi connectivity index (χ4n) is 2.73. The van der Waals surface area contributed by atoms with Crippen molar-refractivity contribution in [2.24, 2.45) is 5.92 Å². The summed E-state index contributed by atoms with van der Waals surface area (Å²) in [5.41, 5.74) is 0. The summed E-state index contributed by atoms with van der Waals surface area (Å²) in [5, 5.41) is 5.99. The molecule has 1 saturated carbocycles. The number of hydrogen-bond donors (Lipinski definition) is 2. The van der Waals surface area contributed by atoms with Gasteiger partial charge in [0, 0.05) is 12.6 Å². The first-order valence-corrected chi connectivity index (χ1v) is 7.98. The van der Waals surface area contributed by atoms with Gasteiger partial charge in [-0.3, -0.25) is 0 Å². The Labute approximate surface area is 127 Å². The number of nitrogens with one attached hydrogen (secondary N) is 2. The number of urea groups is 1. The molecule has 0 radical (unpaired) electrons. The summed E-state index contributed by atoms with van der Waals surface area (Å²) in [5.74, 6) is 1.46. The van der Waals surface area contributed by atoms with Gasteiger partial charge in [0.25, 0.3) is 0 Å². The molecule has 2 atom stereocenters. The lowest BCUT2D eigenvalue weighted by atomic mass is 9.86. The zero-order chi connectivity index (χ0) is 14.9. The molecule has 2 rings (SSSR count). The maximum Gasteiger partial charge on any atom is 0.315 e. The quantitative estimate of drug-likeness (QED) is 0.790. The van der Waals surface area contributed by atoms with Crippen LogP contribution in [-0.4, -0.2) is 25.2 Å². The maximum absolute atomic E-state index is 11.8. The second kappa shape index (κ2) is 8.55. The van der Waals surface area contributed by atoms with Gasteiger partial charge in [-0.15, -0.1) is 0 Å². The van der Waals surface area contributed by atoms with Gasteiger partial charge in [-0.2, -0.15) is 0 Å². The van der Waals surface area contributed by atoms with E-state index in [4.69, 9.17) is 4.74 Å². The molecule has 1 aromatic carbocycles. The lowest BCUT2D eigenvalue weighted by Gasteiger charge is -2.29. The van der Waals surface area contributed by atoms with Crippen molar-refractivity contribution in [3.8, 4) is 5.75 Å². The highest BCUT2D eigenvalue weighted by atomic mass is 16.5. The SMILES string of the molecule is CC1CCCCC1NC(=O)NCCCOc1ccccc1. The van der Waals surface area contributed by atoms with E-state index < -0.39 is 0 Å². The predicted molar refractivity (Wildman–Crippen MR) is 84.5 cm³/mol. The average Bonchev–Trinajstić information content (AvgIpc) is 2.50. The largest absolute Gasteiger partial charge is 0.494 e. The molecular formula is C17H26N2O2. The van der Waals surface area contributed by atoms with Gasteiger partial charge in [0.15, 0.2) is 0 Å². The van der Waals surface area contributed by atoms with Gasteiger partial charge in [0.2, 0.25) is 0 Å². The van der Waals surface area contributed by atoms with Crippen molar-refractivity contribution < 1.29 is 9.53 Å². The summed E-state index contributed by atoms with van der Waals surface area (Å²) >= 11 is 0. The van der Waals surface area contributed by atoms with Crippen LogP contribution in [-0.2, 0) is 0 Å². The Morgan fingerprint density at radius 3 is 2.76 bits per heavy atom. The Balaban J connectivity index is 1.55. The first-order chi connectivity index (χ1) is 10.3. The predicted octanol–water partition coefficient (Wildman–Crippen LogP) is 3.33. The van der Waals surface area contributed by atoms with Gasteiger partial charge < -0.3 is 15.4 Å². The third kappa shape index (κ3) is 5.66. The van der Waals surface area contributed by atoms with Crippen LogP contribution in [0.2, 0.25) is 0 Å². The highest BCUT2D eigenvalue weighted by molar-refractivity contribution is 5.74. The number of carbonyl (C=O) groups excluding carboxylic acids is 1. The summed E-state index contributed by atoms with van der Waals surface area (Å²) in [6, 6.07) is 10.0. The minimum atomic E-state index is -0.0477. The fourth-order valence-corrected chi connectivity index (χ4v) is 2.73. The van der Waals surface area contributed by atoms with Gasteiger partial charge in [-0.25, -0.2) is 4.79 Å². The summed E-state index contributed by atoms with van der Waals surface area (Å²) in [6.07, 6.45) is 5.64. The molecule has 21 heavy (non-hydrogen) atoms. The van der Waals surface area contributed by atoms with Crippen molar-refractivity contribution in [3.05, 3.63) is 30.3 Å². The van der Waals surface area contributed by atoms with Crippen molar-refractivity contribution >= 4 is 6.03 Å². The Kier molecular flexibility index (Phi) is 6.38. The number of benzene rings is 1. The van der Waals surface area contributed by atoms with Crippen molar-refractivity contribution in [2.75, 3.05) is 13.2 Å². The van der Waals surface area contributed by atoms with Gasteiger partial charge in [0.1, 0.15) is 5.75 Å². The van der Waals surface area contributed by atoms with E-state index in [1.807, 2.05) is 30.3 Å². The van der Waals surface area contributed by atoms with Crippen LogP contribution < -0.4 is 15.4 Å². The Morgan fingerprint density at radius 2 is 2.00 bits per heavy atom. The average molecular weight is 290 g/mol. The van der Waals surface area contributed by atoms with Gasteiger partial charge in [-0.1, -0.05) is 38.0 Å². The number of ether oxygens (including phenoxy) is 1. The van der Waals surface area contributed by atoms with Crippen LogP contribution >= 0.6 is 0 Å². The number of carbonyl (C=O) groups is 1. The molecule has 0 heterocycles. The molecule has 2 amide bonds. The van der Waals surface area contributed by atoms with Gasteiger partial charge in [0.05, 0.1) is 6.61 Å². The van der Waals surface area contributed by atoms with Crippen LogP contribution in [0.1, 0.15) is 39.0 Å². The van der Waals surface area contributed by atoms with Crippen molar-refractivity contribution in [2.45, 2.75) is 45.1 Å². The van der Waals surface area contributed by atoms with E-state index in [0.717, 1.165) is 18.6 Å². The third-order valence-corrected chi connectivity index (χ3v) is 4.05. The van der Waals surface area contributed by atoms with E-state index in [1.165, 1.54) is 19.3 Å². The molecule has 0 saturated heterocycles. The molecule has 2 unspecified atom stereocenters. The van der Waals surface area contributed by atoms with Crippen molar-refractivity contribution in [1.82, 2.24) is 10.6 Å².